The molecule has 10 heteroatoms. The fourth-order valence-electron chi connectivity index (χ4n) is 2.32. The molecule has 0 aliphatic rings. The quantitative estimate of drug-likeness (QED) is 0.655. The van der Waals surface area contributed by atoms with Crippen molar-refractivity contribution in [1.82, 2.24) is 15.3 Å². The summed E-state index contributed by atoms with van der Waals surface area (Å²) in [6.07, 6.45) is -3.12. The molecule has 3 aromatic heterocycles. The molecule has 3 rings (SSSR count). The minimum atomic E-state index is -4.44. The van der Waals surface area contributed by atoms with Gasteiger partial charge in [-0.15, -0.1) is 11.3 Å². The summed E-state index contributed by atoms with van der Waals surface area (Å²) in [6.45, 7) is 2.22. The lowest BCUT2D eigenvalue weighted by Gasteiger charge is -2.09. The molecule has 6 nitrogen and oxygen atoms in total. The Labute approximate surface area is 162 Å². The molecule has 0 aliphatic heterocycles. The number of amides is 1. The van der Waals surface area contributed by atoms with Crippen LogP contribution < -0.4 is 10.1 Å². The highest BCUT2D eigenvalue weighted by Crippen LogP contribution is 2.29. The third kappa shape index (κ3) is 5.10. The van der Waals surface area contributed by atoms with Gasteiger partial charge in [-0.1, -0.05) is 0 Å². The van der Waals surface area contributed by atoms with E-state index in [0.717, 1.165) is 5.76 Å². The summed E-state index contributed by atoms with van der Waals surface area (Å²) in [5.74, 6) is 0.841. The normalized spacial score (nSPS) is 11.5. The standard InChI is InChI=1S/C18H16F3N3O3S/c1-10-3-4-13(27-10)17-24-11(2)15(28-17)16(25)23-8-12-5-6-22-14(7-12)26-9-18(19,20)21/h3-7H,8-9H2,1-2H3,(H,23,25). The molecule has 1 amide bonds. The lowest BCUT2D eigenvalue weighted by atomic mass is 10.2. The van der Waals surface area contributed by atoms with Crippen molar-refractivity contribution in [2.75, 3.05) is 6.61 Å². The fraction of sp³-hybridized carbons (Fsp3) is 0.278. The number of thiazole rings is 1. The number of carbonyl (C=O) groups excluding carboxylic acids is 1. The van der Waals surface area contributed by atoms with Crippen LogP contribution in [-0.4, -0.2) is 28.7 Å². The average molecular weight is 411 g/mol. The van der Waals surface area contributed by atoms with Gasteiger partial charge >= 0.3 is 6.18 Å². The number of alkyl halides is 3. The van der Waals surface area contributed by atoms with Gasteiger partial charge in [0.2, 0.25) is 5.88 Å². The molecule has 3 aromatic rings. The van der Waals surface area contributed by atoms with Crippen LogP contribution in [0.5, 0.6) is 5.88 Å². The molecule has 0 bridgehead atoms. The van der Waals surface area contributed by atoms with E-state index in [0.29, 0.717) is 26.9 Å². The topological polar surface area (TPSA) is 77.2 Å². The van der Waals surface area contributed by atoms with Gasteiger partial charge in [0, 0.05) is 18.8 Å². The first kappa shape index (κ1) is 19.9. The van der Waals surface area contributed by atoms with E-state index in [9.17, 15) is 18.0 Å². The molecule has 0 fully saturated rings. The van der Waals surface area contributed by atoms with E-state index in [1.165, 1.54) is 23.6 Å². The van der Waals surface area contributed by atoms with Gasteiger partial charge < -0.3 is 14.5 Å². The molecule has 148 valence electrons. The summed E-state index contributed by atoms with van der Waals surface area (Å²) < 4.78 is 46.8. The van der Waals surface area contributed by atoms with Gasteiger partial charge in [0.1, 0.15) is 10.6 Å². The molecule has 0 radical (unpaired) electrons. The smallest absolute Gasteiger partial charge is 0.422 e. The number of aryl methyl sites for hydroxylation is 2. The molecular formula is C18H16F3N3O3S. The predicted molar refractivity (Wildman–Crippen MR) is 96.2 cm³/mol. The molecule has 0 aliphatic carbocycles. The molecule has 3 heterocycles. The van der Waals surface area contributed by atoms with Crippen molar-refractivity contribution in [2.45, 2.75) is 26.6 Å². The van der Waals surface area contributed by atoms with Crippen molar-refractivity contribution in [3.05, 3.63) is 52.4 Å². The zero-order valence-electron chi connectivity index (χ0n) is 15.0. The van der Waals surface area contributed by atoms with Crippen LogP contribution >= 0.6 is 11.3 Å². The summed E-state index contributed by atoms with van der Waals surface area (Å²) in [5.41, 5.74) is 1.13. The Morgan fingerprint density at radius 2 is 2.07 bits per heavy atom. The highest BCUT2D eigenvalue weighted by molar-refractivity contribution is 7.17. The predicted octanol–water partition coefficient (Wildman–Crippen LogP) is 4.29. The Kier molecular flexibility index (Phi) is 5.68. The second-order valence-corrected chi connectivity index (χ2v) is 6.93. The summed E-state index contributed by atoms with van der Waals surface area (Å²) in [6, 6.07) is 6.53. The molecule has 1 N–H and O–H groups in total. The van der Waals surface area contributed by atoms with Crippen molar-refractivity contribution < 1.29 is 27.1 Å². The van der Waals surface area contributed by atoms with Gasteiger partial charge in [-0.2, -0.15) is 13.2 Å². The number of halogens is 3. The van der Waals surface area contributed by atoms with Crippen LogP contribution in [0.15, 0.2) is 34.9 Å². The number of furan rings is 1. The number of hydrogen-bond acceptors (Lipinski definition) is 6. The van der Waals surface area contributed by atoms with E-state index in [4.69, 9.17) is 4.42 Å². The highest BCUT2D eigenvalue weighted by atomic mass is 32.1. The third-order valence-electron chi connectivity index (χ3n) is 3.59. The summed E-state index contributed by atoms with van der Waals surface area (Å²) in [7, 11) is 0. The van der Waals surface area contributed by atoms with E-state index in [2.05, 4.69) is 20.0 Å². The highest BCUT2D eigenvalue weighted by Gasteiger charge is 2.28. The Morgan fingerprint density at radius 3 is 2.75 bits per heavy atom. The Balaban J connectivity index is 1.64. The lowest BCUT2D eigenvalue weighted by molar-refractivity contribution is -0.154. The van der Waals surface area contributed by atoms with E-state index < -0.39 is 12.8 Å². The average Bonchev–Trinajstić information content (AvgIpc) is 3.23. The van der Waals surface area contributed by atoms with Crippen molar-refractivity contribution in [3.63, 3.8) is 0 Å². The fourth-order valence-corrected chi connectivity index (χ4v) is 3.26. The van der Waals surface area contributed by atoms with Crippen LogP contribution in [0.25, 0.3) is 10.8 Å². The largest absolute Gasteiger partial charge is 0.468 e. The number of rotatable bonds is 6. The number of carbonyl (C=O) groups is 1. The van der Waals surface area contributed by atoms with Crippen molar-refractivity contribution in [2.24, 2.45) is 0 Å². The maximum atomic E-state index is 12.5. The Morgan fingerprint density at radius 1 is 1.29 bits per heavy atom. The number of nitrogens with one attached hydrogen (secondary N) is 1. The first-order valence-corrected chi connectivity index (χ1v) is 9.00. The van der Waals surface area contributed by atoms with E-state index in [1.807, 2.05) is 13.0 Å². The lowest BCUT2D eigenvalue weighted by Crippen LogP contribution is -2.23. The van der Waals surface area contributed by atoms with Gasteiger partial charge in [-0.05, 0) is 37.6 Å². The molecule has 0 aromatic carbocycles. The minimum absolute atomic E-state index is 0.107. The van der Waals surface area contributed by atoms with Crippen LogP contribution in [0.1, 0.15) is 26.7 Å². The van der Waals surface area contributed by atoms with Gasteiger partial charge in [0.25, 0.3) is 5.91 Å². The summed E-state index contributed by atoms with van der Waals surface area (Å²) in [5, 5.41) is 3.32. The molecule has 0 unspecified atom stereocenters. The minimum Gasteiger partial charge on any atom is -0.468 e. The Bertz CT molecular complexity index is 982. The van der Waals surface area contributed by atoms with Gasteiger partial charge in [-0.3, -0.25) is 4.79 Å². The SMILES string of the molecule is Cc1ccc(-c2nc(C)c(C(=O)NCc3ccnc(OCC(F)(F)F)c3)s2)o1. The van der Waals surface area contributed by atoms with Crippen LogP contribution in [0.2, 0.25) is 0 Å². The van der Waals surface area contributed by atoms with Crippen molar-refractivity contribution in [3.8, 4) is 16.6 Å². The van der Waals surface area contributed by atoms with Crippen LogP contribution in [0.3, 0.4) is 0 Å². The summed E-state index contributed by atoms with van der Waals surface area (Å²) >= 11 is 1.20. The van der Waals surface area contributed by atoms with Gasteiger partial charge in [0.15, 0.2) is 17.4 Å². The molecule has 0 saturated carbocycles. The molecule has 0 atom stereocenters. The third-order valence-corrected chi connectivity index (χ3v) is 4.76. The number of aromatic nitrogens is 2. The van der Waals surface area contributed by atoms with E-state index >= 15 is 0 Å². The van der Waals surface area contributed by atoms with Crippen LogP contribution in [0, 0.1) is 13.8 Å². The molecule has 0 saturated heterocycles. The van der Waals surface area contributed by atoms with Crippen molar-refractivity contribution in [1.29, 1.82) is 0 Å². The maximum Gasteiger partial charge on any atom is 0.422 e. The first-order chi connectivity index (χ1) is 13.2. The van der Waals surface area contributed by atoms with Gasteiger partial charge in [0.05, 0.1) is 5.69 Å². The number of nitrogens with zero attached hydrogens (tertiary/aromatic N) is 2. The summed E-state index contributed by atoms with van der Waals surface area (Å²) in [4.78, 5) is 21.0. The molecular weight excluding hydrogens is 395 g/mol. The maximum absolute atomic E-state index is 12.5. The number of pyridine rings is 1. The van der Waals surface area contributed by atoms with Crippen LogP contribution in [0.4, 0.5) is 13.2 Å². The second-order valence-electron chi connectivity index (χ2n) is 5.93. The molecule has 0 spiro atoms. The second kappa shape index (κ2) is 8.01. The van der Waals surface area contributed by atoms with E-state index in [-0.39, 0.29) is 18.3 Å². The first-order valence-electron chi connectivity index (χ1n) is 8.18. The number of hydrogen-bond donors (Lipinski definition) is 1. The Hall–Kier alpha value is -2.88. The zero-order valence-corrected chi connectivity index (χ0v) is 15.8. The van der Waals surface area contributed by atoms with E-state index in [1.54, 1.807) is 19.1 Å². The number of ether oxygens (including phenoxy) is 1. The van der Waals surface area contributed by atoms with Gasteiger partial charge in [-0.25, -0.2) is 9.97 Å². The monoisotopic (exact) mass is 411 g/mol. The van der Waals surface area contributed by atoms with Crippen LogP contribution in [-0.2, 0) is 6.54 Å². The van der Waals surface area contributed by atoms with Crippen molar-refractivity contribution >= 4 is 17.2 Å². The molecule has 28 heavy (non-hydrogen) atoms. The zero-order chi connectivity index (χ0) is 20.3.